The second kappa shape index (κ2) is 7.27. The van der Waals surface area contributed by atoms with Gasteiger partial charge in [-0.1, -0.05) is 26.0 Å². The summed E-state index contributed by atoms with van der Waals surface area (Å²) in [7, 11) is -2.17. The number of anilines is 1. The summed E-state index contributed by atoms with van der Waals surface area (Å²) in [5.41, 5.74) is 1.88. The van der Waals surface area contributed by atoms with Crippen molar-refractivity contribution in [2.75, 3.05) is 4.72 Å². The number of benzene rings is 2. The van der Waals surface area contributed by atoms with Crippen molar-refractivity contribution >= 4 is 15.7 Å². The molecule has 0 saturated heterocycles. The molecule has 0 aliphatic carbocycles. The standard InChI is InChI=1S/C20H22FN3O3S/c1-13(2)19-14(3)23(4)24(20(19)25)15-9-11-16(12-10-15)28(26,27)22-18-8-6-5-7-17(18)21/h5-13,22H,1-4H3. The normalized spacial score (nSPS) is 11.8. The van der Waals surface area contributed by atoms with E-state index in [0.717, 1.165) is 11.3 Å². The zero-order chi connectivity index (χ0) is 20.6. The highest BCUT2D eigenvalue weighted by molar-refractivity contribution is 7.92. The van der Waals surface area contributed by atoms with Crippen LogP contribution in [-0.4, -0.2) is 17.8 Å². The zero-order valence-electron chi connectivity index (χ0n) is 16.1. The van der Waals surface area contributed by atoms with Crippen molar-refractivity contribution < 1.29 is 12.8 Å². The summed E-state index contributed by atoms with van der Waals surface area (Å²) in [6, 6.07) is 11.4. The van der Waals surface area contributed by atoms with Gasteiger partial charge in [-0.2, -0.15) is 0 Å². The van der Waals surface area contributed by atoms with Crippen LogP contribution in [0.5, 0.6) is 0 Å². The maximum Gasteiger partial charge on any atom is 0.275 e. The minimum Gasteiger partial charge on any atom is -0.285 e. The number of para-hydroxylation sites is 1. The number of halogens is 1. The molecule has 0 atom stereocenters. The summed E-state index contributed by atoms with van der Waals surface area (Å²) >= 11 is 0. The predicted molar refractivity (Wildman–Crippen MR) is 107 cm³/mol. The van der Waals surface area contributed by atoms with Crippen molar-refractivity contribution in [2.24, 2.45) is 7.05 Å². The molecule has 0 radical (unpaired) electrons. The van der Waals surface area contributed by atoms with Crippen molar-refractivity contribution in [2.45, 2.75) is 31.6 Å². The van der Waals surface area contributed by atoms with Crippen LogP contribution in [0, 0.1) is 12.7 Å². The lowest BCUT2D eigenvalue weighted by Gasteiger charge is -2.11. The van der Waals surface area contributed by atoms with Crippen LogP contribution >= 0.6 is 0 Å². The molecule has 3 rings (SSSR count). The first-order valence-electron chi connectivity index (χ1n) is 8.79. The maximum absolute atomic E-state index is 13.7. The Morgan fingerprint density at radius 3 is 2.18 bits per heavy atom. The van der Waals surface area contributed by atoms with Crippen molar-refractivity contribution in [3.63, 3.8) is 0 Å². The monoisotopic (exact) mass is 403 g/mol. The Kier molecular flexibility index (Phi) is 5.16. The van der Waals surface area contributed by atoms with Gasteiger partial charge in [-0.05, 0) is 49.2 Å². The molecule has 0 fully saturated rings. The van der Waals surface area contributed by atoms with E-state index >= 15 is 0 Å². The summed E-state index contributed by atoms with van der Waals surface area (Å²) in [5.74, 6) is -0.584. The van der Waals surface area contributed by atoms with Crippen LogP contribution in [0.4, 0.5) is 10.1 Å². The molecule has 0 saturated carbocycles. The van der Waals surface area contributed by atoms with Gasteiger partial charge in [0, 0.05) is 18.3 Å². The Morgan fingerprint density at radius 2 is 1.64 bits per heavy atom. The zero-order valence-corrected chi connectivity index (χ0v) is 16.9. The van der Waals surface area contributed by atoms with E-state index in [1.807, 2.05) is 20.8 Å². The lowest BCUT2D eigenvalue weighted by atomic mass is 10.0. The summed E-state index contributed by atoms with van der Waals surface area (Å²) in [5, 5.41) is 0. The Morgan fingerprint density at radius 1 is 1.04 bits per heavy atom. The van der Waals surface area contributed by atoms with Crippen molar-refractivity contribution in [3.8, 4) is 5.69 Å². The van der Waals surface area contributed by atoms with Gasteiger partial charge >= 0.3 is 0 Å². The number of nitrogens with one attached hydrogen (secondary N) is 1. The molecule has 0 aliphatic heterocycles. The molecular formula is C20H22FN3O3S. The molecule has 1 heterocycles. The molecule has 8 heteroatoms. The minimum atomic E-state index is -3.96. The number of hydrogen-bond donors (Lipinski definition) is 1. The number of rotatable bonds is 5. The van der Waals surface area contributed by atoms with Gasteiger partial charge in [0.1, 0.15) is 5.82 Å². The van der Waals surface area contributed by atoms with Crippen LogP contribution in [0.2, 0.25) is 0 Å². The molecule has 2 aromatic carbocycles. The first-order valence-corrected chi connectivity index (χ1v) is 10.3. The fraction of sp³-hybridized carbons (Fsp3) is 0.250. The lowest BCUT2D eigenvalue weighted by molar-refractivity contribution is 0.598. The second-order valence-corrected chi connectivity index (χ2v) is 8.56. The van der Waals surface area contributed by atoms with Crippen LogP contribution in [0.15, 0.2) is 58.2 Å². The number of nitrogens with zero attached hydrogens (tertiary/aromatic N) is 2. The topological polar surface area (TPSA) is 73.1 Å². The van der Waals surface area contributed by atoms with E-state index in [-0.39, 0.29) is 22.1 Å². The van der Waals surface area contributed by atoms with Crippen LogP contribution in [0.3, 0.4) is 0 Å². The summed E-state index contributed by atoms with van der Waals surface area (Å²) in [4.78, 5) is 12.8. The van der Waals surface area contributed by atoms with E-state index in [0.29, 0.717) is 5.69 Å². The molecule has 3 aromatic rings. The number of hydrogen-bond acceptors (Lipinski definition) is 3. The summed E-state index contributed by atoms with van der Waals surface area (Å²) < 4.78 is 44.3. The quantitative estimate of drug-likeness (QED) is 0.708. The molecule has 0 aliphatic rings. The van der Waals surface area contributed by atoms with Crippen molar-refractivity contribution in [1.82, 2.24) is 9.36 Å². The Labute approximate surface area is 163 Å². The van der Waals surface area contributed by atoms with Gasteiger partial charge in [0.15, 0.2) is 0 Å². The van der Waals surface area contributed by atoms with Gasteiger partial charge < -0.3 is 0 Å². The molecule has 148 valence electrons. The molecule has 0 amide bonds. The highest BCUT2D eigenvalue weighted by atomic mass is 32.2. The Hall–Kier alpha value is -2.87. The van der Waals surface area contributed by atoms with E-state index in [1.165, 1.54) is 35.0 Å². The Balaban J connectivity index is 1.98. The van der Waals surface area contributed by atoms with Gasteiger partial charge in [-0.15, -0.1) is 0 Å². The first kappa shape index (κ1) is 19.9. The number of sulfonamides is 1. The van der Waals surface area contributed by atoms with Crippen LogP contribution in [0.1, 0.15) is 31.0 Å². The lowest BCUT2D eigenvalue weighted by Crippen LogP contribution is -2.21. The Bertz CT molecular complexity index is 1180. The van der Waals surface area contributed by atoms with E-state index in [2.05, 4.69) is 4.72 Å². The molecular weight excluding hydrogens is 381 g/mol. The molecule has 0 unspecified atom stereocenters. The third-order valence-electron chi connectivity index (χ3n) is 4.69. The van der Waals surface area contributed by atoms with E-state index in [9.17, 15) is 17.6 Å². The van der Waals surface area contributed by atoms with Gasteiger partial charge in [-0.25, -0.2) is 17.5 Å². The van der Waals surface area contributed by atoms with Gasteiger partial charge in [-0.3, -0.25) is 14.2 Å². The highest BCUT2D eigenvalue weighted by Gasteiger charge is 2.20. The molecule has 28 heavy (non-hydrogen) atoms. The largest absolute Gasteiger partial charge is 0.285 e. The molecule has 0 spiro atoms. The smallest absolute Gasteiger partial charge is 0.275 e. The first-order chi connectivity index (χ1) is 13.1. The molecule has 0 bridgehead atoms. The van der Waals surface area contributed by atoms with Gasteiger partial charge in [0.2, 0.25) is 0 Å². The fourth-order valence-corrected chi connectivity index (χ4v) is 4.27. The van der Waals surface area contributed by atoms with Gasteiger partial charge in [0.05, 0.1) is 16.3 Å². The molecule has 1 N–H and O–H groups in total. The minimum absolute atomic E-state index is 0.0254. The second-order valence-electron chi connectivity index (χ2n) is 6.87. The summed E-state index contributed by atoms with van der Waals surface area (Å²) in [6.45, 7) is 5.79. The van der Waals surface area contributed by atoms with Crippen LogP contribution in [-0.2, 0) is 17.1 Å². The van der Waals surface area contributed by atoms with Gasteiger partial charge in [0.25, 0.3) is 15.6 Å². The van der Waals surface area contributed by atoms with Crippen molar-refractivity contribution in [1.29, 1.82) is 0 Å². The predicted octanol–water partition coefficient (Wildman–Crippen LogP) is 3.55. The van der Waals surface area contributed by atoms with Crippen molar-refractivity contribution in [3.05, 3.63) is 76.0 Å². The third-order valence-corrected chi connectivity index (χ3v) is 6.07. The fourth-order valence-electron chi connectivity index (χ4n) is 3.20. The molecule has 6 nitrogen and oxygen atoms in total. The highest BCUT2D eigenvalue weighted by Crippen LogP contribution is 2.21. The third kappa shape index (κ3) is 3.47. The maximum atomic E-state index is 13.7. The van der Waals surface area contributed by atoms with Crippen LogP contribution < -0.4 is 10.3 Å². The SMILES string of the molecule is Cc1c(C(C)C)c(=O)n(-c2ccc(S(=O)(=O)Nc3ccccc3F)cc2)n1C. The van der Waals surface area contributed by atoms with Crippen LogP contribution in [0.25, 0.3) is 5.69 Å². The van der Waals surface area contributed by atoms with E-state index in [1.54, 1.807) is 29.9 Å². The molecule has 1 aromatic heterocycles. The average molecular weight is 403 g/mol. The summed E-state index contributed by atoms with van der Waals surface area (Å²) in [6.07, 6.45) is 0. The van der Waals surface area contributed by atoms with E-state index < -0.39 is 15.8 Å². The number of aromatic nitrogens is 2. The average Bonchev–Trinajstić information content (AvgIpc) is 2.86. The van der Waals surface area contributed by atoms with E-state index in [4.69, 9.17) is 0 Å².